The van der Waals surface area contributed by atoms with Crippen LogP contribution in [0.1, 0.15) is 303 Å². The molecule has 0 saturated carbocycles. The third kappa shape index (κ3) is 56.2. The summed E-state index contributed by atoms with van der Waals surface area (Å²) in [5.74, 6) is -0.412. The van der Waals surface area contributed by atoms with E-state index in [1.54, 1.807) is 0 Å². The number of hydrogen-bond donors (Lipinski definition) is 0. The topological polar surface area (TPSA) is 61.8 Å². The molecule has 0 amide bonds. The standard InChI is InChI=1S/C63H114O5/c1-4-7-10-13-16-19-22-25-28-30-31-32-34-37-40-43-46-49-52-55-58-66-59-61(68-63(65)57-54-51-48-45-42-39-35-27-24-21-18-15-12-9-6-3)60-67-62(64)56-53-50-47-44-41-38-36-33-29-26-23-20-17-14-11-8-5-2/h9,12,17-18,20-21,26-27,29,35,61H,4-8,10-11,13-16,19,22-25,28,30-34,36-60H2,1-3H3/b12-9-,20-17-,21-18-,29-26-,35-27-. The minimum atomic E-state index is -0.548. The molecule has 0 saturated heterocycles. The summed E-state index contributed by atoms with van der Waals surface area (Å²) in [5.41, 5.74) is 0. The first kappa shape index (κ1) is 65.6. The molecule has 0 aromatic rings. The Hall–Kier alpha value is -2.40. The second-order valence-corrected chi connectivity index (χ2v) is 19.9. The van der Waals surface area contributed by atoms with Crippen molar-refractivity contribution < 1.29 is 23.8 Å². The third-order valence-electron chi connectivity index (χ3n) is 13.0. The van der Waals surface area contributed by atoms with Crippen LogP contribution in [0.5, 0.6) is 0 Å². The lowest BCUT2D eigenvalue weighted by Crippen LogP contribution is -2.30. The van der Waals surface area contributed by atoms with Crippen molar-refractivity contribution in [1.82, 2.24) is 0 Å². The van der Waals surface area contributed by atoms with E-state index in [2.05, 4.69) is 81.5 Å². The van der Waals surface area contributed by atoms with Gasteiger partial charge in [0.05, 0.1) is 6.61 Å². The first-order valence-electron chi connectivity index (χ1n) is 29.8. The predicted octanol–water partition coefficient (Wildman–Crippen LogP) is 20.5. The van der Waals surface area contributed by atoms with Gasteiger partial charge in [0.1, 0.15) is 6.61 Å². The molecule has 396 valence electrons. The smallest absolute Gasteiger partial charge is 0.306 e. The van der Waals surface area contributed by atoms with E-state index in [4.69, 9.17) is 14.2 Å². The van der Waals surface area contributed by atoms with Crippen LogP contribution in [0.2, 0.25) is 0 Å². The Balaban J connectivity index is 4.26. The summed E-state index contributed by atoms with van der Waals surface area (Å²) in [6.07, 6.45) is 75.3. The molecule has 0 bridgehead atoms. The first-order chi connectivity index (χ1) is 33.6. The molecule has 0 aromatic carbocycles. The van der Waals surface area contributed by atoms with Gasteiger partial charge in [-0.15, -0.1) is 0 Å². The van der Waals surface area contributed by atoms with Gasteiger partial charge in [-0.1, -0.05) is 268 Å². The second-order valence-electron chi connectivity index (χ2n) is 19.9. The Morgan fingerprint density at radius 1 is 0.338 bits per heavy atom. The van der Waals surface area contributed by atoms with Gasteiger partial charge in [0, 0.05) is 19.4 Å². The van der Waals surface area contributed by atoms with Gasteiger partial charge in [-0.25, -0.2) is 0 Å². The molecule has 0 N–H and O–H groups in total. The van der Waals surface area contributed by atoms with Crippen LogP contribution in [-0.4, -0.2) is 37.9 Å². The maximum Gasteiger partial charge on any atom is 0.306 e. The predicted molar refractivity (Wildman–Crippen MR) is 298 cm³/mol. The molecule has 5 nitrogen and oxygen atoms in total. The largest absolute Gasteiger partial charge is 0.462 e. The lowest BCUT2D eigenvalue weighted by atomic mass is 10.0. The number of unbranched alkanes of at least 4 members (excludes halogenated alkanes) is 34. The summed E-state index contributed by atoms with van der Waals surface area (Å²) < 4.78 is 17.5. The zero-order chi connectivity index (χ0) is 49.2. The van der Waals surface area contributed by atoms with Crippen LogP contribution in [0.25, 0.3) is 0 Å². The highest BCUT2D eigenvalue weighted by Gasteiger charge is 2.17. The fraction of sp³-hybridized carbons (Fsp3) is 0.810. The van der Waals surface area contributed by atoms with Gasteiger partial charge in [-0.3, -0.25) is 9.59 Å². The van der Waals surface area contributed by atoms with Crippen molar-refractivity contribution in [2.24, 2.45) is 0 Å². The molecular formula is C63H114O5. The van der Waals surface area contributed by atoms with Crippen molar-refractivity contribution in [1.29, 1.82) is 0 Å². The van der Waals surface area contributed by atoms with Crippen molar-refractivity contribution in [3.05, 3.63) is 60.8 Å². The normalized spacial score (nSPS) is 12.6. The Kier molecular flexibility index (Phi) is 56.8. The number of hydrogen-bond acceptors (Lipinski definition) is 5. The average molecular weight is 952 g/mol. The van der Waals surface area contributed by atoms with E-state index in [-0.39, 0.29) is 25.2 Å². The van der Waals surface area contributed by atoms with E-state index in [9.17, 15) is 9.59 Å². The van der Waals surface area contributed by atoms with Gasteiger partial charge >= 0.3 is 11.9 Å². The Bertz CT molecular complexity index is 1170. The van der Waals surface area contributed by atoms with Gasteiger partial charge in [0.25, 0.3) is 0 Å². The number of carbonyl (C=O) groups is 2. The Morgan fingerprint density at radius 3 is 1.09 bits per heavy atom. The molecule has 0 spiro atoms. The van der Waals surface area contributed by atoms with E-state index in [0.717, 1.165) is 83.5 Å². The zero-order valence-corrected chi connectivity index (χ0v) is 45.6. The maximum atomic E-state index is 12.9. The number of ether oxygens (including phenoxy) is 3. The quantitative estimate of drug-likeness (QED) is 0.0345. The molecule has 1 atom stereocenters. The molecule has 1 unspecified atom stereocenters. The molecule has 68 heavy (non-hydrogen) atoms. The third-order valence-corrected chi connectivity index (χ3v) is 13.0. The van der Waals surface area contributed by atoms with E-state index in [0.29, 0.717) is 19.4 Å². The minimum Gasteiger partial charge on any atom is -0.462 e. The highest BCUT2D eigenvalue weighted by atomic mass is 16.6. The fourth-order valence-corrected chi connectivity index (χ4v) is 8.62. The number of allylic oxidation sites excluding steroid dienone is 10. The minimum absolute atomic E-state index is 0.0761. The Labute approximate surface area is 424 Å². The average Bonchev–Trinajstić information content (AvgIpc) is 3.34. The van der Waals surface area contributed by atoms with Crippen LogP contribution < -0.4 is 0 Å². The van der Waals surface area contributed by atoms with Crippen molar-refractivity contribution in [3.8, 4) is 0 Å². The summed E-state index contributed by atoms with van der Waals surface area (Å²) in [5, 5.41) is 0. The molecule has 0 heterocycles. The van der Waals surface area contributed by atoms with E-state index in [1.807, 2.05) is 0 Å². The van der Waals surface area contributed by atoms with E-state index in [1.165, 1.54) is 186 Å². The molecular weight excluding hydrogens is 837 g/mol. The van der Waals surface area contributed by atoms with Crippen LogP contribution in [0.3, 0.4) is 0 Å². The van der Waals surface area contributed by atoms with Crippen LogP contribution in [0.4, 0.5) is 0 Å². The van der Waals surface area contributed by atoms with Crippen LogP contribution >= 0.6 is 0 Å². The number of carbonyl (C=O) groups excluding carboxylic acids is 2. The van der Waals surface area contributed by atoms with Crippen LogP contribution in [0.15, 0.2) is 60.8 Å². The molecule has 5 heteroatoms. The van der Waals surface area contributed by atoms with Crippen molar-refractivity contribution >= 4 is 11.9 Å². The molecule has 0 fully saturated rings. The molecule has 0 radical (unpaired) electrons. The summed E-state index contributed by atoms with van der Waals surface area (Å²) >= 11 is 0. The first-order valence-corrected chi connectivity index (χ1v) is 29.8. The summed E-state index contributed by atoms with van der Waals surface area (Å²) in [7, 11) is 0. The number of esters is 2. The summed E-state index contributed by atoms with van der Waals surface area (Å²) in [6, 6.07) is 0. The van der Waals surface area contributed by atoms with Crippen LogP contribution in [-0.2, 0) is 23.8 Å². The van der Waals surface area contributed by atoms with Crippen molar-refractivity contribution in [2.75, 3.05) is 19.8 Å². The number of rotatable bonds is 55. The zero-order valence-electron chi connectivity index (χ0n) is 45.6. The van der Waals surface area contributed by atoms with Gasteiger partial charge < -0.3 is 14.2 Å². The fourth-order valence-electron chi connectivity index (χ4n) is 8.62. The molecule has 0 aliphatic carbocycles. The van der Waals surface area contributed by atoms with Gasteiger partial charge in [-0.2, -0.15) is 0 Å². The SMILES string of the molecule is CC/C=C\C/C=C\C/C=C\CCCCCCCC(=O)OC(COCCCCCCCCCCCCCCCCCCCCCC)COC(=O)CCCCCCCCC/C=C\C/C=C\CCCCC. The van der Waals surface area contributed by atoms with Gasteiger partial charge in [0.2, 0.25) is 0 Å². The lowest BCUT2D eigenvalue weighted by Gasteiger charge is -2.18. The molecule has 0 aliphatic heterocycles. The molecule has 0 rings (SSSR count). The van der Waals surface area contributed by atoms with E-state index < -0.39 is 6.10 Å². The summed E-state index contributed by atoms with van der Waals surface area (Å²) in [6.45, 7) is 7.72. The summed E-state index contributed by atoms with van der Waals surface area (Å²) in [4.78, 5) is 25.5. The monoisotopic (exact) mass is 951 g/mol. The second kappa shape index (κ2) is 58.9. The van der Waals surface area contributed by atoms with E-state index >= 15 is 0 Å². The highest BCUT2D eigenvalue weighted by molar-refractivity contribution is 5.70. The maximum absolute atomic E-state index is 12.9. The van der Waals surface area contributed by atoms with Gasteiger partial charge in [-0.05, 0) is 83.5 Å². The lowest BCUT2D eigenvalue weighted by molar-refractivity contribution is -0.163. The van der Waals surface area contributed by atoms with Crippen molar-refractivity contribution in [2.45, 2.75) is 309 Å². The molecule has 0 aliphatic rings. The van der Waals surface area contributed by atoms with Crippen molar-refractivity contribution in [3.63, 3.8) is 0 Å². The van der Waals surface area contributed by atoms with Crippen LogP contribution in [0, 0.1) is 0 Å². The Morgan fingerprint density at radius 2 is 0.662 bits per heavy atom. The highest BCUT2D eigenvalue weighted by Crippen LogP contribution is 2.16. The van der Waals surface area contributed by atoms with Gasteiger partial charge in [0.15, 0.2) is 6.10 Å². The molecule has 0 aromatic heterocycles.